The summed E-state index contributed by atoms with van der Waals surface area (Å²) in [4.78, 5) is 30.9. The molecule has 9 heteroatoms. The highest BCUT2D eigenvalue weighted by Crippen LogP contribution is 2.18. The summed E-state index contributed by atoms with van der Waals surface area (Å²) >= 11 is 5.80. The Balaban J connectivity index is 1.47. The van der Waals surface area contributed by atoms with Crippen LogP contribution in [0.4, 0.5) is 5.82 Å². The number of anilines is 1. The average molecular weight is 414 g/mol. The fourth-order valence-corrected chi connectivity index (χ4v) is 3.36. The first kappa shape index (κ1) is 19.4. The number of pyridine rings is 1. The van der Waals surface area contributed by atoms with Gasteiger partial charge in [0, 0.05) is 36.8 Å². The minimum atomic E-state index is -0.255. The van der Waals surface area contributed by atoms with Gasteiger partial charge in [-0.25, -0.2) is 4.98 Å². The van der Waals surface area contributed by atoms with Crippen LogP contribution in [0.25, 0.3) is 10.9 Å². The number of rotatable bonds is 4. The van der Waals surface area contributed by atoms with Crippen LogP contribution in [0.5, 0.6) is 0 Å². The molecule has 1 aliphatic rings. The molecule has 2 amide bonds. The number of carbonyl (C=O) groups excluding carboxylic acids is 2. The smallest absolute Gasteiger partial charge is 0.253 e. The van der Waals surface area contributed by atoms with E-state index in [1.807, 2.05) is 17.0 Å². The SMILES string of the molecule is O=C(Cn1ncc2cc(C(=O)N3CCCOCC3)ccc21)Nc1ccc(Cl)cn1. The Kier molecular flexibility index (Phi) is 5.73. The van der Waals surface area contributed by atoms with E-state index in [1.165, 1.54) is 6.20 Å². The molecule has 4 rings (SSSR count). The van der Waals surface area contributed by atoms with Crippen molar-refractivity contribution >= 4 is 40.1 Å². The van der Waals surface area contributed by atoms with Gasteiger partial charge >= 0.3 is 0 Å². The molecule has 0 atom stereocenters. The molecule has 0 radical (unpaired) electrons. The minimum absolute atomic E-state index is 0.0169. The van der Waals surface area contributed by atoms with Gasteiger partial charge in [-0.05, 0) is 36.8 Å². The van der Waals surface area contributed by atoms with Gasteiger partial charge in [0.2, 0.25) is 5.91 Å². The van der Waals surface area contributed by atoms with Crippen molar-refractivity contribution in [2.24, 2.45) is 0 Å². The number of ether oxygens (including phenoxy) is 1. The van der Waals surface area contributed by atoms with E-state index in [4.69, 9.17) is 16.3 Å². The third kappa shape index (κ3) is 4.55. The monoisotopic (exact) mass is 413 g/mol. The lowest BCUT2D eigenvalue weighted by Crippen LogP contribution is -2.33. The number of amides is 2. The highest BCUT2D eigenvalue weighted by Gasteiger charge is 2.18. The zero-order valence-corrected chi connectivity index (χ0v) is 16.4. The molecule has 1 saturated heterocycles. The Labute approximate surface area is 172 Å². The Morgan fingerprint density at radius 3 is 2.86 bits per heavy atom. The lowest BCUT2D eigenvalue weighted by atomic mass is 10.1. The van der Waals surface area contributed by atoms with Crippen molar-refractivity contribution < 1.29 is 14.3 Å². The second-order valence-corrected chi connectivity index (χ2v) is 7.18. The lowest BCUT2D eigenvalue weighted by molar-refractivity contribution is -0.116. The molecule has 1 aromatic carbocycles. The molecule has 0 saturated carbocycles. The van der Waals surface area contributed by atoms with Gasteiger partial charge in [0.05, 0.1) is 23.3 Å². The number of hydrogen-bond donors (Lipinski definition) is 1. The van der Waals surface area contributed by atoms with Crippen LogP contribution in [0.2, 0.25) is 5.02 Å². The predicted octanol–water partition coefficient (Wildman–Crippen LogP) is 2.59. The molecule has 0 aliphatic carbocycles. The molecule has 2 aromatic heterocycles. The molecule has 1 aliphatic heterocycles. The lowest BCUT2D eigenvalue weighted by Gasteiger charge is -2.19. The van der Waals surface area contributed by atoms with E-state index in [0.29, 0.717) is 42.7 Å². The van der Waals surface area contributed by atoms with Crippen LogP contribution in [-0.2, 0) is 16.1 Å². The van der Waals surface area contributed by atoms with Gasteiger partial charge in [0.15, 0.2) is 0 Å². The maximum atomic E-state index is 12.8. The standard InChI is InChI=1S/C20H20ClN5O3/c21-16-3-5-18(22-12-16)24-19(27)13-26-17-4-2-14(10-15(17)11-23-26)20(28)25-6-1-8-29-9-7-25/h2-5,10-12H,1,6-9,13H2,(H,22,24,27). The number of halogens is 1. The van der Waals surface area contributed by atoms with Gasteiger partial charge in [0.25, 0.3) is 5.91 Å². The van der Waals surface area contributed by atoms with Gasteiger partial charge in [-0.1, -0.05) is 11.6 Å². The third-order valence-electron chi connectivity index (χ3n) is 4.69. The molecule has 1 N–H and O–H groups in total. The molecule has 1 fully saturated rings. The first-order chi connectivity index (χ1) is 14.1. The van der Waals surface area contributed by atoms with E-state index in [-0.39, 0.29) is 18.4 Å². The minimum Gasteiger partial charge on any atom is -0.380 e. The molecule has 0 spiro atoms. The van der Waals surface area contributed by atoms with Crippen molar-refractivity contribution in [2.45, 2.75) is 13.0 Å². The van der Waals surface area contributed by atoms with E-state index in [0.717, 1.165) is 17.3 Å². The van der Waals surface area contributed by atoms with Gasteiger partial charge in [-0.3, -0.25) is 14.3 Å². The van der Waals surface area contributed by atoms with E-state index in [1.54, 1.807) is 29.1 Å². The van der Waals surface area contributed by atoms with Crippen LogP contribution in [0, 0.1) is 0 Å². The number of benzene rings is 1. The van der Waals surface area contributed by atoms with E-state index < -0.39 is 0 Å². The zero-order chi connectivity index (χ0) is 20.2. The number of carbonyl (C=O) groups is 2. The summed E-state index contributed by atoms with van der Waals surface area (Å²) in [5.41, 5.74) is 1.38. The second-order valence-electron chi connectivity index (χ2n) is 6.74. The number of fused-ring (bicyclic) bond motifs is 1. The number of aromatic nitrogens is 3. The molecule has 3 heterocycles. The first-order valence-corrected chi connectivity index (χ1v) is 9.72. The highest BCUT2D eigenvalue weighted by molar-refractivity contribution is 6.30. The zero-order valence-electron chi connectivity index (χ0n) is 15.7. The quantitative estimate of drug-likeness (QED) is 0.710. The Bertz CT molecular complexity index is 1030. The average Bonchev–Trinajstić information content (AvgIpc) is 2.93. The largest absolute Gasteiger partial charge is 0.380 e. The molecular weight excluding hydrogens is 394 g/mol. The molecular formula is C20H20ClN5O3. The Morgan fingerprint density at radius 2 is 2.03 bits per heavy atom. The van der Waals surface area contributed by atoms with Crippen LogP contribution >= 0.6 is 11.6 Å². The molecule has 150 valence electrons. The summed E-state index contributed by atoms with van der Waals surface area (Å²) in [5, 5.41) is 8.30. The fourth-order valence-electron chi connectivity index (χ4n) is 3.25. The molecule has 0 unspecified atom stereocenters. The fraction of sp³-hybridized carbons (Fsp3) is 0.300. The van der Waals surface area contributed by atoms with Gasteiger partial charge < -0.3 is 15.0 Å². The summed E-state index contributed by atoms with van der Waals surface area (Å²) in [5.74, 6) is 0.149. The summed E-state index contributed by atoms with van der Waals surface area (Å²) < 4.78 is 7.01. The predicted molar refractivity (Wildman–Crippen MR) is 109 cm³/mol. The van der Waals surface area contributed by atoms with Crippen LogP contribution < -0.4 is 5.32 Å². The second kappa shape index (κ2) is 8.59. The van der Waals surface area contributed by atoms with E-state index in [9.17, 15) is 9.59 Å². The van der Waals surface area contributed by atoms with Crippen molar-refractivity contribution in [3.05, 3.63) is 53.3 Å². The van der Waals surface area contributed by atoms with Crippen molar-refractivity contribution in [1.29, 1.82) is 0 Å². The molecule has 29 heavy (non-hydrogen) atoms. The van der Waals surface area contributed by atoms with Gasteiger partial charge in [-0.2, -0.15) is 5.10 Å². The van der Waals surface area contributed by atoms with E-state index >= 15 is 0 Å². The number of hydrogen-bond acceptors (Lipinski definition) is 5. The summed E-state index contributed by atoms with van der Waals surface area (Å²) in [6.45, 7) is 2.56. The topological polar surface area (TPSA) is 89.4 Å². The normalized spacial score (nSPS) is 14.6. The third-order valence-corrected chi connectivity index (χ3v) is 4.91. The molecule has 0 bridgehead atoms. The van der Waals surface area contributed by atoms with Crippen LogP contribution in [0.15, 0.2) is 42.7 Å². The highest BCUT2D eigenvalue weighted by atomic mass is 35.5. The molecule has 8 nitrogen and oxygen atoms in total. The van der Waals surface area contributed by atoms with Gasteiger partial charge in [0.1, 0.15) is 12.4 Å². The van der Waals surface area contributed by atoms with Crippen LogP contribution in [-0.4, -0.2) is 57.8 Å². The van der Waals surface area contributed by atoms with Crippen molar-refractivity contribution in [1.82, 2.24) is 19.7 Å². The van der Waals surface area contributed by atoms with Crippen LogP contribution in [0.1, 0.15) is 16.8 Å². The maximum absolute atomic E-state index is 12.8. The summed E-state index contributed by atoms with van der Waals surface area (Å²) in [6, 6.07) is 8.69. The first-order valence-electron chi connectivity index (χ1n) is 9.34. The number of nitrogens with one attached hydrogen (secondary N) is 1. The van der Waals surface area contributed by atoms with Crippen molar-refractivity contribution in [3.63, 3.8) is 0 Å². The van der Waals surface area contributed by atoms with Crippen molar-refractivity contribution in [3.8, 4) is 0 Å². The summed E-state index contributed by atoms with van der Waals surface area (Å²) in [6.07, 6.45) is 3.96. The number of nitrogens with zero attached hydrogens (tertiary/aromatic N) is 4. The maximum Gasteiger partial charge on any atom is 0.253 e. The summed E-state index contributed by atoms with van der Waals surface area (Å²) in [7, 11) is 0. The van der Waals surface area contributed by atoms with E-state index in [2.05, 4.69) is 15.4 Å². The van der Waals surface area contributed by atoms with Crippen LogP contribution in [0.3, 0.4) is 0 Å². The Hall–Kier alpha value is -2.97. The van der Waals surface area contributed by atoms with Gasteiger partial charge in [-0.15, -0.1) is 0 Å². The Morgan fingerprint density at radius 1 is 1.14 bits per heavy atom. The molecule has 3 aromatic rings. The van der Waals surface area contributed by atoms with Crippen molar-refractivity contribution in [2.75, 3.05) is 31.6 Å².